The summed E-state index contributed by atoms with van der Waals surface area (Å²) >= 11 is 0. The molecule has 4 nitrogen and oxygen atoms in total. The summed E-state index contributed by atoms with van der Waals surface area (Å²) in [6, 6.07) is 0.469. The average Bonchev–Trinajstić information content (AvgIpc) is 3.03. The lowest BCUT2D eigenvalue weighted by Crippen LogP contribution is -2.40. The maximum absolute atomic E-state index is 12.3. The van der Waals surface area contributed by atoms with Crippen molar-refractivity contribution in [2.75, 3.05) is 6.54 Å². The van der Waals surface area contributed by atoms with Crippen molar-refractivity contribution in [2.45, 2.75) is 44.6 Å². The van der Waals surface area contributed by atoms with E-state index in [1.165, 1.54) is 12.8 Å². The molecular weight excluding hydrogens is 218 g/mol. The van der Waals surface area contributed by atoms with Gasteiger partial charge in [-0.05, 0) is 44.4 Å². The van der Waals surface area contributed by atoms with Crippen molar-refractivity contribution in [3.05, 3.63) is 0 Å². The van der Waals surface area contributed by atoms with Crippen molar-refractivity contribution in [1.82, 2.24) is 4.90 Å². The Morgan fingerprint density at radius 2 is 1.76 bits per heavy atom. The molecule has 0 spiro atoms. The molecule has 1 amide bonds. The summed E-state index contributed by atoms with van der Waals surface area (Å²) in [6.45, 7) is 0.928. The van der Waals surface area contributed by atoms with Crippen LogP contribution in [0.3, 0.4) is 0 Å². The molecule has 17 heavy (non-hydrogen) atoms. The van der Waals surface area contributed by atoms with Gasteiger partial charge in [0.05, 0.1) is 5.92 Å². The van der Waals surface area contributed by atoms with Crippen molar-refractivity contribution in [3.63, 3.8) is 0 Å². The molecule has 3 aliphatic rings. The van der Waals surface area contributed by atoms with E-state index in [-0.39, 0.29) is 17.7 Å². The van der Waals surface area contributed by atoms with Crippen molar-refractivity contribution in [1.29, 1.82) is 0 Å². The third-order valence-corrected chi connectivity index (χ3v) is 4.82. The van der Waals surface area contributed by atoms with Crippen LogP contribution in [0, 0.1) is 17.8 Å². The Labute approximate surface area is 101 Å². The summed E-state index contributed by atoms with van der Waals surface area (Å²) in [5.74, 6) is -0.0796. The highest BCUT2D eigenvalue weighted by Gasteiger charge is 2.44. The van der Waals surface area contributed by atoms with Crippen LogP contribution in [0.1, 0.15) is 38.5 Å². The summed E-state index contributed by atoms with van der Waals surface area (Å²) in [5, 5.41) is 8.96. The average molecular weight is 237 g/mol. The Morgan fingerprint density at radius 1 is 1.00 bits per heavy atom. The van der Waals surface area contributed by atoms with Crippen molar-refractivity contribution in [2.24, 2.45) is 17.8 Å². The fourth-order valence-corrected chi connectivity index (χ4v) is 3.86. The van der Waals surface area contributed by atoms with Gasteiger partial charge in [-0.3, -0.25) is 9.59 Å². The van der Waals surface area contributed by atoms with Gasteiger partial charge in [0, 0.05) is 18.5 Å². The molecule has 2 saturated carbocycles. The van der Waals surface area contributed by atoms with Crippen LogP contribution >= 0.6 is 0 Å². The van der Waals surface area contributed by atoms with Gasteiger partial charge >= 0.3 is 5.97 Å². The Hall–Kier alpha value is -1.06. The van der Waals surface area contributed by atoms with Gasteiger partial charge in [0.15, 0.2) is 0 Å². The number of aliphatic carboxylic acids is 1. The van der Waals surface area contributed by atoms with Crippen LogP contribution < -0.4 is 0 Å². The zero-order valence-corrected chi connectivity index (χ0v) is 9.97. The topological polar surface area (TPSA) is 57.6 Å². The third-order valence-electron chi connectivity index (χ3n) is 4.82. The predicted molar refractivity (Wildman–Crippen MR) is 61.3 cm³/mol. The van der Waals surface area contributed by atoms with Gasteiger partial charge in [0.2, 0.25) is 5.91 Å². The maximum atomic E-state index is 12.3. The molecular formula is C13H19NO3. The van der Waals surface area contributed by atoms with E-state index in [4.69, 9.17) is 5.11 Å². The minimum absolute atomic E-state index is 0.0181. The third kappa shape index (κ3) is 1.83. The van der Waals surface area contributed by atoms with Crippen LogP contribution in [0.5, 0.6) is 0 Å². The lowest BCUT2D eigenvalue weighted by Gasteiger charge is -2.29. The van der Waals surface area contributed by atoms with Gasteiger partial charge < -0.3 is 10.0 Å². The Balaban J connectivity index is 1.62. The van der Waals surface area contributed by atoms with Gasteiger partial charge in [-0.15, -0.1) is 0 Å². The second-order valence-electron chi connectivity index (χ2n) is 5.87. The molecule has 4 unspecified atom stereocenters. The summed E-state index contributed by atoms with van der Waals surface area (Å²) in [6.07, 6.45) is 5.61. The van der Waals surface area contributed by atoms with Gasteiger partial charge in [-0.1, -0.05) is 0 Å². The monoisotopic (exact) mass is 237 g/mol. The van der Waals surface area contributed by atoms with Crippen LogP contribution in [0.2, 0.25) is 0 Å². The van der Waals surface area contributed by atoms with E-state index in [0.29, 0.717) is 18.9 Å². The van der Waals surface area contributed by atoms with Gasteiger partial charge in [-0.25, -0.2) is 0 Å². The molecule has 1 aliphatic heterocycles. The molecule has 1 saturated heterocycles. The first-order valence-corrected chi connectivity index (χ1v) is 6.68. The van der Waals surface area contributed by atoms with Crippen LogP contribution in [0.15, 0.2) is 0 Å². The fraction of sp³-hybridized carbons (Fsp3) is 0.846. The van der Waals surface area contributed by atoms with E-state index in [9.17, 15) is 9.59 Å². The van der Waals surface area contributed by atoms with Crippen molar-refractivity contribution >= 4 is 11.9 Å². The number of carboxylic acids is 1. The first-order valence-electron chi connectivity index (χ1n) is 6.68. The largest absolute Gasteiger partial charge is 0.481 e. The van der Waals surface area contributed by atoms with E-state index < -0.39 is 5.97 Å². The number of likely N-dealkylation sites (tertiary alicyclic amines) is 1. The lowest BCUT2D eigenvalue weighted by atomic mass is 10.0. The minimum Gasteiger partial charge on any atom is -0.481 e. The number of hydrogen-bond acceptors (Lipinski definition) is 2. The molecule has 2 aliphatic carbocycles. The minimum atomic E-state index is -0.733. The SMILES string of the molecule is O=C(O)C1CCC(C(=O)N2CC3CCC2C3)C1. The highest BCUT2D eigenvalue weighted by Crippen LogP contribution is 2.40. The van der Waals surface area contributed by atoms with Gasteiger partial charge in [-0.2, -0.15) is 0 Å². The number of hydrogen-bond donors (Lipinski definition) is 1. The highest BCUT2D eigenvalue weighted by molar-refractivity contribution is 5.81. The molecule has 1 heterocycles. The van der Waals surface area contributed by atoms with Crippen LogP contribution in [0.25, 0.3) is 0 Å². The smallest absolute Gasteiger partial charge is 0.306 e. The Kier molecular flexibility index (Phi) is 2.60. The molecule has 1 N–H and O–H groups in total. The molecule has 3 rings (SSSR count). The lowest BCUT2D eigenvalue weighted by molar-refractivity contribution is -0.141. The molecule has 0 aromatic rings. The number of piperidine rings is 1. The fourth-order valence-electron chi connectivity index (χ4n) is 3.86. The maximum Gasteiger partial charge on any atom is 0.306 e. The molecule has 4 heteroatoms. The number of nitrogens with zero attached hydrogens (tertiary/aromatic N) is 1. The summed E-state index contributed by atoms with van der Waals surface area (Å²) in [4.78, 5) is 25.3. The van der Waals surface area contributed by atoms with E-state index in [0.717, 1.165) is 25.3 Å². The number of carboxylic acid groups (broad SMARTS) is 1. The summed E-state index contributed by atoms with van der Waals surface area (Å²) < 4.78 is 0. The summed E-state index contributed by atoms with van der Waals surface area (Å²) in [5.41, 5.74) is 0. The van der Waals surface area contributed by atoms with Crippen LogP contribution in [-0.4, -0.2) is 34.5 Å². The number of amides is 1. The molecule has 94 valence electrons. The van der Waals surface area contributed by atoms with Crippen molar-refractivity contribution in [3.8, 4) is 0 Å². The zero-order chi connectivity index (χ0) is 12.0. The normalized spacial score (nSPS) is 39.9. The van der Waals surface area contributed by atoms with E-state index in [1.807, 2.05) is 4.90 Å². The van der Waals surface area contributed by atoms with E-state index in [1.54, 1.807) is 0 Å². The highest BCUT2D eigenvalue weighted by atomic mass is 16.4. The Bertz CT molecular complexity index is 355. The molecule has 4 atom stereocenters. The molecule has 2 bridgehead atoms. The number of carbonyl (C=O) groups is 2. The number of rotatable bonds is 2. The van der Waals surface area contributed by atoms with Crippen LogP contribution in [0.4, 0.5) is 0 Å². The van der Waals surface area contributed by atoms with Crippen molar-refractivity contribution < 1.29 is 14.7 Å². The van der Waals surface area contributed by atoms with Gasteiger partial charge in [0.25, 0.3) is 0 Å². The molecule has 3 fully saturated rings. The first kappa shape index (κ1) is 11.1. The molecule has 0 aromatic carbocycles. The van der Waals surface area contributed by atoms with E-state index >= 15 is 0 Å². The Morgan fingerprint density at radius 3 is 2.29 bits per heavy atom. The zero-order valence-electron chi connectivity index (χ0n) is 9.97. The van der Waals surface area contributed by atoms with Gasteiger partial charge in [0.1, 0.15) is 0 Å². The first-order chi connectivity index (χ1) is 8.15. The van der Waals surface area contributed by atoms with Crippen LogP contribution in [-0.2, 0) is 9.59 Å². The quantitative estimate of drug-likeness (QED) is 0.791. The molecule has 0 radical (unpaired) electrons. The summed E-state index contributed by atoms with van der Waals surface area (Å²) in [7, 11) is 0. The second kappa shape index (κ2) is 4.00. The number of carbonyl (C=O) groups excluding carboxylic acids is 1. The number of fused-ring (bicyclic) bond motifs is 2. The standard InChI is InChI=1S/C13H19NO3/c15-12(9-2-3-10(6-9)13(16)17)14-7-8-1-4-11(14)5-8/h8-11H,1-7H2,(H,16,17). The molecule has 0 aromatic heterocycles. The van der Waals surface area contributed by atoms with E-state index in [2.05, 4.69) is 0 Å². The predicted octanol–water partition coefficient (Wildman–Crippen LogP) is 1.50. The second-order valence-corrected chi connectivity index (χ2v) is 5.87.